The third-order valence-corrected chi connectivity index (χ3v) is 4.51. The first-order valence-electron chi connectivity index (χ1n) is 7.18. The van der Waals surface area contributed by atoms with Crippen molar-refractivity contribution < 1.29 is 0 Å². The molecule has 0 bridgehead atoms. The molecule has 108 valence electrons. The lowest BCUT2D eigenvalue weighted by Gasteiger charge is -2.20. The summed E-state index contributed by atoms with van der Waals surface area (Å²) >= 11 is 1.72. The van der Waals surface area contributed by atoms with Crippen molar-refractivity contribution in [3.05, 3.63) is 52.1 Å². The van der Waals surface area contributed by atoms with E-state index in [1.54, 1.807) is 11.3 Å². The molecule has 3 nitrogen and oxygen atoms in total. The SMILES string of the molecule is CCc1cc(N(C)Cc2nc(C)cs2)c2ccccc2n1. The van der Waals surface area contributed by atoms with E-state index in [9.17, 15) is 0 Å². The number of pyridine rings is 1. The molecule has 0 aliphatic heterocycles. The number of aromatic nitrogens is 2. The number of aryl methyl sites for hydroxylation is 2. The fraction of sp³-hybridized carbons (Fsp3) is 0.294. The average molecular weight is 297 g/mol. The van der Waals surface area contributed by atoms with E-state index in [-0.39, 0.29) is 0 Å². The van der Waals surface area contributed by atoms with Gasteiger partial charge in [0.2, 0.25) is 0 Å². The van der Waals surface area contributed by atoms with E-state index in [4.69, 9.17) is 4.98 Å². The molecule has 0 spiro atoms. The van der Waals surface area contributed by atoms with Gasteiger partial charge in [-0.1, -0.05) is 25.1 Å². The lowest BCUT2D eigenvalue weighted by molar-refractivity contribution is 0.904. The minimum atomic E-state index is 0.829. The topological polar surface area (TPSA) is 29.0 Å². The van der Waals surface area contributed by atoms with Crippen LogP contribution in [0.1, 0.15) is 23.3 Å². The molecule has 3 aromatic rings. The predicted molar refractivity (Wildman–Crippen MR) is 90.1 cm³/mol. The van der Waals surface area contributed by atoms with Crippen LogP contribution in [0, 0.1) is 6.92 Å². The van der Waals surface area contributed by atoms with Gasteiger partial charge in [0.1, 0.15) is 5.01 Å². The molecule has 4 heteroatoms. The maximum Gasteiger partial charge on any atom is 0.112 e. The zero-order valence-electron chi connectivity index (χ0n) is 12.6. The molecule has 1 aromatic carbocycles. The van der Waals surface area contributed by atoms with Crippen LogP contribution < -0.4 is 4.90 Å². The number of para-hydroxylation sites is 1. The number of nitrogens with zero attached hydrogens (tertiary/aromatic N) is 3. The summed E-state index contributed by atoms with van der Waals surface area (Å²) in [6.45, 7) is 5.01. The molecule has 0 radical (unpaired) electrons. The van der Waals surface area contributed by atoms with E-state index in [0.717, 1.165) is 34.9 Å². The van der Waals surface area contributed by atoms with E-state index in [2.05, 4.69) is 53.5 Å². The maximum atomic E-state index is 4.71. The molecular formula is C17H19N3S. The summed E-state index contributed by atoms with van der Waals surface area (Å²) in [5.74, 6) is 0. The summed E-state index contributed by atoms with van der Waals surface area (Å²) < 4.78 is 0. The highest BCUT2D eigenvalue weighted by atomic mass is 32.1. The smallest absolute Gasteiger partial charge is 0.112 e. The lowest BCUT2D eigenvalue weighted by atomic mass is 10.1. The van der Waals surface area contributed by atoms with Crippen molar-refractivity contribution in [2.75, 3.05) is 11.9 Å². The number of hydrogen-bond donors (Lipinski definition) is 0. The van der Waals surface area contributed by atoms with Crippen molar-refractivity contribution in [3.63, 3.8) is 0 Å². The fourth-order valence-corrected chi connectivity index (χ4v) is 3.29. The first kappa shape index (κ1) is 14.0. The van der Waals surface area contributed by atoms with Crippen molar-refractivity contribution >= 4 is 27.9 Å². The Kier molecular flexibility index (Phi) is 3.88. The Morgan fingerprint density at radius 1 is 1.19 bits per heavy atom. The summed E-state index contributed by atoms with van der Waals surface area (Å²) in [6, 6.07) is 10.5. The van der Waals surface area contributed by atoms with Gasteiger partial charge in [0.25, 0.3) is 0 Å². The van der Waals surface area contributed by atoms with Gasteiger partial charge in [-0.05, 0) is 25.5 Å². The maximum absolute atomic E-state index is 4.71. The van der Waals surface area contributed by atoms with E-state index < -0.39 is 0 Å². The van der Waals surface area contributed by atoms with Crippen LogP contribution in [0.5, 0.6) is 0 Å². The van der Waals surface area contributed by atoms with Crippen LogP contribution in [-0.2, 0) is 13.0 Å². The van der Waals surface area contributed by atoms with E-state index in [1.807, 2.05) is 13.0 Å². The molecule has 0 aliphatic carbocycles. The predicted octanol–water partition coefficient (Wildman–Crippen LogP) is 4.20. The third kappa shape index (κ3) is 2.90. The zero-order chi connectivity index (χ0) is 14.8. The van der Waals surface area contributed by atoms with Crippen LogP contribution in [-0.4, -0.2) is 17.0 Å². The van der Waals surface area contributed by atoms with E-state index in [0.29, 0.717) is 0 Å². The summed E-state index contributed by atoms with van der Waals surface area (Å²) in [4.78, 5) is 11.5. The quantitative estimate of drug-likeness (QED) is 0.722. The molecule has 0 N–H and O–H groups in total. The molecule has 2 aromatic heterocycles. The van der Waals surface area contributed by atoms with Gasteiger partial charge in [0.15, 0.2) is 0 Å². The molecule has 21 heavy (non-hydrogen) atoms. The molecule has 0 amide bonds. The highest BCUT2D eigenvalue weighted by Gasteiger charge is 2.11. The average Bonchev–Trinajstić information content (AvgIpc) is 2.91. The van der Waals surface area contributed by atoms with Gasteiger partial charge in [-0.3, -0.25) is 4.98 Å². The second kappa shape index (κ2) is 5.82. The Morgan fingerprint density at radius 2 is 2.00 bits per heavy atom. The lowest BCUT2D eigenvalue weighted by Crippen LogP contribution is -2.17. The fourth-order valence-electron chi connectivity index (χ4n) is 2.47. The molecule has 0 fully saturated rings. The molecule has 0 atom stereocenters. The van der Waals surface area contributed by atoms with Crippen molar-refractivity contribution in [1.29, 1.82) is 0 Å². The number of thiazole rings is 1. The number of hydrogen-bond acceptors (Lipinski definition) is 4. The second-order valence-electron chi connectivity index (χ2n) is 5.24. The van der Waals surface area contributed by atoms with Crippen molar-refractivity contribution in [2.45, 2.75) is 26.8 Å². The van der Waals surface area contributed by atoms with Crippen molar-refractivity contribution in [2.24, 2.45) is 0 Å². The molecule has 0 unspecified atom stereocenters. The van der Waals surface area contributed by atoms with Crippen LogP contribution in [0.2, 0.25) is 0 Å². The van der Waals surface area contributed by atoms with Gasteiger partial charge in [-0.15, -0.1) is 11.3 Å². The van der Waals surface area contributed by atoms with E-state index in [1.165, 1.54) is 11.1 Å². The van der Waals surface area contributed by atoms with Crippen LogP contribution in [0.15, 0.2) is 35.7 Å². The number of anilines is 1. The van der Waals surface area contributed by atoms with Crippen LogP contribution in [0.3, 0.4) is 0 Å². The van der Waals surface area contributed by atoms with Gasteiger partial charge in [-0.2, -0.15) is 0 Å². The normalized spacial score (nSPS) is 11.0. The molecule has 0 saturated carbocycles. The largest absolute Gasteiger partial charge is 0.367 e. The first-order valence-corrected chi connectivity index (χ1v) is 8.06. The van der Waals surface area contributed by atoms with Gasteiger partial charge in [-0.25, -0.2) is 4.98 Å². The molecule has 0 aliphatic rings. The summed E-state index contributed by atoms with van der Waals surface area (Å²) in [6.07, 6.45) is 0.946. The first-order chi connectivity index (χ1) is 10.2. The summed E-state index contributed by atoms with van der Waals surface area (Å²) in [5, 5.41) is 4.45. The van der Waals surface area contributed by atoms with Crippen LogP contribution in [0.4, 0.5) is 5.69 Å². The minimum Gasteiger partial charge on any atom is -0.367 e. The third-order valence-electron chi connectivity index (χ3n) is 3.56. The van der Waals surface area contributed by atoms with Crippen LogP contribution >= 0.6 is 11.3 Å². The highest BCUT2D eigenvalue weighted by Crippen LogP contribution is 2.27. The summed E-state index contributed by atoms with van der Waals surface area (Å²) in [7, 11) is 2.12. The molecule has 3 rings (SSSR count). The second-order valence-corrected chi connectivity index (χ2v) is 6.18. The minimum absolute atomic E-state index is 0.829. The van der Waals surface area contributed by atoms with Crippen LogP contribution in [0.25, 0.3) is 10.9 Å². The Labute approximate surface area is 129 Å². The highest BCUT2D eigenvalue weighted by molar-refractivity contribution is 7.09. The number of benzene rings is 1. The van der Waals surface area contributed by atoms with Crippen molar-refractivity contribution in [1.82, 2.24) is 9.97 Å². The molecule has 2 heterocycles. The van der Waals surface area contributed by atoms with Gasteiger partial charge >= 0.3 is 0 Å². The summed E-state index contributed by atoms with van der Waals surface area (Å²) in [5.41, 5.74) is 4.52. The van der Waals surface area contributed by atoms with E-state index >= 15 is 0 Å². The Hall–Kier alpha value is -1.94. The van der Waals surface area contributed by atoms with Crippen molar-refractivity contribution in [3.8, 4) is 0 Å². The van der Waals surface area contributed by atoms with Gasteiger partial charge in [0, 0.05) is 34.9 Å². The standard InChI is InChI=1S/C17H19N3S/c1-4-13-9-16(14-7-5-6-8-15(14)19-13)20(3)10-17-18-12(2)11-21-17/h5-9,11H,4,10H2,1-3H3. The Morgan fingerprint density at radius 3 is 2.71 bits per heavy atom. The van der Waals surface area contributed by atoms with Gasteiger partial charge in [0.05, 0.1) is 12.1 Å². The van der Waals surface area contributed by atoms with Gasteiger partial charge < -0.3 is 4.90 Å². The zero-order valence-corrected chi connectivity index (χ0v) is 13.4. The number of fused-ring (bicyclic) bond motifs is 1. The number of rotatable bonds is 4. The monoisotopic (exact) mass is 297 g/mol. The molecular weight excluding hydrogens is 278 g/mol. The molecule has 0 saturated heterocycles. The Balaban J connectivity index is 2.01. The Bertz CT molecular complexity index is 764.